The van der Waals surface area contributed by atoms with E-state index in [0.717, 1.165) is 0 Å². The Hall–Kier alpha value is -4.00. The van der Waals surface area contributed by atoms with Crippen LogP contribution in [-0.4, -0.2) is 41.9 Å². The fourth-order valence-corrected chi connectivity index (χ4v) is 3.42. The van der Waals surface area contributed by atoms with Crippen LogP contribution in [0.4, 0.5) is 18.0 Å². The maximum Gasteiger partial charge on any atom is 0.323 e. The number of nitrogens with one attached hydrogen (secondary N) is 2. The maximum atomic E-state index is 14.0. The summed E-state index contributed by atoms with van der Waals surface area (Å²) in [6.45, 7) is -0.278. The predicted octanol–water partition coefficient (Wildman–Crippen LogP) is 1.70. The molecule has 2 aromatic rings. The second-order valence-corrected chi connectivity index (χ2v) is 6.97. The molecule has 2 N–H and O–H groups in total. The maximum absolute atomic E-state index is 14.0. The standard InChI is InChI=1S/C21H14F3N3O4/c1-31-12-3-2-11-9-27(18(28)14(11)8-12)10-21(19(29)25-20(30)26-21)7-6-13-15(22)4-5-16(23)17(13)24/h2-5,8H,9-10H2,1H3,(H2,25,26,29,30)/t21-/m1/s1. The molecule has 10 heteroatoms. The van der Waals surface area contributed by atoms with Crippen molar-refractivity contribution < 1.29 is 32.3 Å². The molecule has 2 aromatic carbocycles. The fraction of sp³-hybridized carbons (Fsp3) is 0.190. The number of ether oxygens (including phenoxy) is 1. The number of fused-ring (bicyclic) bond motifs is 1. The highest BCUT2D eigenvalue weighted by molar-refractivity contribution is 6.10. The van der Waals surface area contributed by atoms with E-state index in [0.29, 0.717) is 29.0 Å². The van der Waals surface area contributed by atoms with E-state index >= 15 is 0 Å². The Morgan fingerprint density at radius 3 is 2.55 bits per heavy atom. The fourth-order valence-electron chi connectivity index (χ4n) is 3.42. The second kappa shape index (κ2) is 7.36. The predicted molar refractivity (Wildman–Crippen MR) is 100 cm³/mol. The molecule has 4 rings (SSSR count). The highest BCUT2D eigenvalue weighted by Gasteiger charge is 2.48. The van der Waals surface area contributed by atoms with Crippen LogP contribution in [0.1, 0.15) is 21.5 Å². The molecule has 0 bridgehead atoms. The van der Waals surface area contributed by atoms with Gasteiger partial charge in [-0.15, -0.1) is 0 Å². The summed E-state index contributed by atoms with van der Waals surface area (Å²) >= 11 is 0. The number of amides is 4. The van der Waals surface area contributed by atoms with E-state index < -0.39 is 52.9 Å². The summed E-state index contributed by atoms with van der Waals surface area (Å²) in [6.07, 6.45) is 0. The Morgan fingerprint density at radius 2 is 1.87 bits per heavy atom. The van der Waals surface area contributed by atoms with Crippen molar-refractivity contribution in [1.29, 1.82) is 0 Å². The summed E-state index contributed by atoms with van der Waals surface area (Å²) < 4.78 is 46.5. The number of carbonyl (C=O) groups is 3. The average molecular weight is 429 g/mol. The molecule has 1 saturated heterocycles. The van der Waals surface area contributed by atoms with Gasteiger partial charge in [0.25, 0.3) is 11.8 Å². The number of rotatable bonds is 3. The lowest BCUT2D eigenvalue weighted by Crippen LogP contribution is -2.54. The van der Waals surface area contributed by atoms with E-state index in [9.17, 15) is 27.6 Å². The summed E-state index contributed by atoms with van der Waals surface area (Å²) in [6, 6.07) is 5.31. The molecule has 4 amide bonds. The molecule has 0 aliphatic carbocycles. The summed E-state index contributed by atoms with van der Waals surface area (Å²) in [4.78, 5) is 38.4. The quantitative estimate of drug-likeness (QED) is 0.442. The summed E-state index contributed by atoms with van der Waals surface area (Å²) in [5.74, 6) is -0.404. The molecule has 1 atom stereocenters. The van der Waals surface area contributed by atoms with Crippen molar-refractivity contribution in [2.24, 2.45) is 0 Å². The lowest BCUT2D eigenvalue weighted by Gasteiger charge is -2.26. The lowest BCUT2D eigenvalue weighted by molar-refractivity contribution is -0.122. The third-order valence-corrected chi connectivity index (χ3v) is 5.01. The molecule has 0 radical (unpaired) electrons. The van der Waals surface area contributed by atoms with E-state index in [1.165, 1.54) is 12.0 Å². The Labute approximate surface area is 174 Å². The van der Waals surface area contributed by atoms with Crippen molar-refractivity contribution in [2.75, 3.05) is 13.7 Å². The Bertz CT molecular complexity index is 1200. The largest absolute Gasteiger partial charge is 0.497 e. The highest BCUT2D eigenvalue weighted by atomic mass is 19.2. The first-order valence-corrected chi connectivity index (χ1v) is 9.00. The van der Waals surface area contributed by atoms with E-state index in [4.69, 9.17) is 4.74 Å². The molecule has 2 aliphatic rings. The number of nitrogens with zero attached hydrogens (tertiary/aromatic N) is 1. The molecule has 0 aromatic heterocycles. The van der Waals surface area contributed by atoms with Gasteiger partial charge in [0.2, 0.25) is 5.54 Å². The van der Waals surface area contributed by atoms with Crippen LogP contribution in [0.15, 0.2) is 30.3 Å². The first-order valence-electron chi connectivity index (χ1n) is 9.00. The number of urea groups is 1. The third kappa shape index (κ3) is 3.44. The van der Waals surface area contributed by atoms with Gasteiger partial charge in [-0.3, -0.25) is 14.9 Å². The van der Waals surface area contributed by atoms with Gasteiger partial charge in [-0.2, -0.15) is 0 Å². The number of halogens is 3. The van der Waals surface area contributed by atoms with Gasteiger partial charge >= 0.3 is 6.03 Å². The van der Waals surface area contributed by atoms with Crippen LogP contribution in [0.25, 0.3) is 0 Å². The van der Waals surface area contributed by atoms with Gasteiger partial charge in [0.15, 0.2) is 11.6 Å². The van der Waals surface area contributed by atoms with E-state index in [1.54, 1.807) is 18.2 Å². The van der Waals surface area contributed by atoms with Gasteiger partial charge in [-0.25, -0.2) is 18.0 Å². The number of methoxy groups -OCH3 is 1. The van der Waals surface area contributed by atoms with Gasteiger partial charge in [-0.1, -0.05) is 17.9 Å². The molecule has 31 heavy (non-hydrogen) atoms. The summed E-state index contributed by atoms with van der Waals surface area (Å²) in [5.41, 5.74) is -1.85. The zero-order valence-electron chi connectivity index (χ0n) is 16.0. The second-order valence-electron chi connectivity index (χ2n) is 6.97. The zero-order chi connectivity index (χ0) is 22.3. The first kappa shape index (κ1) is 20.3. The smallest absolute Gasteiger partial charge is 0.323 e. The van der Waals surface area contributed by atoms with Crippen LogP contribution in [0.5, 0.6) is 5.75 Å². The molecular weight excluding hydrogens is 415 g/mol. The molecule has 1 fully saturated rings. The van der Waals surface area contributed by atoms with Crippen LogP contribution in [0.2, 0.25) is 0 Å². The van der Waals surface area contributed by atoms with Crippen molar-refractivity contribution in [3.63, 3.8) is 0 Å². The van der Waals surface area contributed by atoms with Crippen molar-refractivity contribution in [3.8, 4) is 17.6 Å². The van der Waals surface area contributed by atoms with Crippen molar-refractivity contribution in [3.05, 3.63) is 64.5 Å². The summed E-state index contributed by atoms with van der Waals surface area (Å²) in [5, 5.41) is 4.31. The molecule has 0 spiro atoms. The van der Waals surface area contributed by atoms with Gasteiger partial charge < -0.3 is 15.0 Å². The van der Waals surface area contributed by atoms with Crippen LogP contribution in [0.3, 0.4) is 0 Å². The molecule has 0 unspecified atom stereocenters. The minimum atomic E-state index is -1.98. The Kier molecular flexibility index (Phi) is 4.81. The molecule has 158 valence electrons. The van der Waals surface area contributed by atoms with Crippen LogP contribution in [-0.2, 0) is 11.3 Å². The van der Waals surface area contributed by atoms with E-state index in [-0.39, 0.29) is 6.54 Å². The van der Waals surface area contributed by atoms with E-state index in [1.807, 2.05) is 5.32 Å². The first-order chi connectivity index (χ1) is 14.7. The lowest BCUT2D eigenvalue weighted by atomic mass is 9.99. The number of hydrogen-bond donors (Lipinski definition) is 2. The van der Waals surface area contributed by atoms with Crippen molar-refractivity contribution in [2.45, 2.75) is 12.1 Å². The average Bonchev–Trinajstić information content (AvgIpc) is 3.20. The van der Waals surface area contributed by atoms with E-state index in [2.05, 4.69) is 17.2 Å². The number of imide groups is 1. The van der Waals surface area contributed by atoms with Crippen LogP contribution < -0.4 is 15.4 Å². The Balaban J connectivity index is 1.70. The minimum absolute atomic E-state index is 0.118. The third-order valence-electron chi connectivity index (χ3n) is 5.01. The van der Waals surface area contributed by atoms with Crippen molar-refractivity contribution >= 4 is 17.8 Å². The molecule has 7 nitrogen and oxygen atoms in total. The van der Waals surface area contributed by atoms with Gasteiger partial charge in [0.05, 0.1) is 19.2 Å². The monoisotopic (exact) mass is 429 g/mol. The number of hydrogen-bond acceptors (Lipinski definition) is 4. The zero-order valence-corrected chi connectivity index (χ0v) is 16.0. The van der Waals surface area contributed by atoms with Gasteiger partial charge in [0.1, 0.15) is 11.6 Å². The Morgan fingerprint density at radius 1 is 1.13 bits per heavy atom. The van der Waals surface area contributed by atoms with Crippen LogP contribution in [0, 0.1) is 29.3 Å². The topological polar surface area (TPSA) is 87.7 Å². The van der Waals surface area contributed by atoms with Gasteiger partial charge in [0, 0.05) is 12.1 Å². The molecule has 0 saturated carbocycles. The number of benzene rings is 2. The normalized spacial score (nSPS) is 19.5. The van der Waals surface area contributed by atoms with Crippen molar-refractivity contribution in [1.82, 2.24) is 15.5 Å². The van der Waals surface area contributed by atoms with Crippen LogP contribution >= 0.6 is 0 Å². The molecular formula is C21H14F3N3O4. The molecule has 2 aliphatic heterocycles. The summed E-state index contributed by atoms with van der Waals surface area (Å²) in [7, 11) is 1.45. The minimum Gasteiger partial charge on any atom is -0.497 e. The van der Waals surface area contributed by atoms with Gasteiger partial charge in [-0.05, 0) is 29.8 Å². The highest BCUT2D eigenvalue weighted by Crippen LogP contribution is 2.28. The number of carbonyl (C=O) groups excluding carboxylic acids is 3. The SMILES string of the molecule is COc1ccc2c(c1)C(=O)N(C[C@@]1(C#Cc3c(F)ccc(F)c3F)NC(=O)NC1=O)C2. The molecule has 2 heterocycles.